The summed E-state index contributed by atoms with van der Waals surface area (Å²) in [6.07, 6.45) is 63.5. The van der Waals surface area contributed by atoms with E-state index in [0.717, 1.165) is 103 Å². The summed E-state index contributed by atoms with van der Waals surface area (Å²) < 4.78 is 16.8. The number of ether oxygens (including phenoxy) is 3. The molecule has 1 atom stereocenters. The third kappa shape index (κ3) is 50.0. The fraction of sp³-hybridized carbons (Fsp3) is 0.772. The molecule has 0 bridgehead atoms. The van der Waals surface area contributed by atoms with Gasteiger partial charge in [0.1, 0.15) is 13.2 Å². The number of hydrogen-bond acceptors (Lipinski definition) is 6. The molecule has 0 radical (unpaired) electrons. The molecule has 0 aromatic heterocycles. The zero-order valence-corrected chi connectivity index (χ0v) is 41.6. The molecule has 0 fully saturated rings. The number of carbonyl (C=O) groups excluding carboxylic acids is 3. The van der Waals surface area contributed by atoms with Crippen molar-refractivity contribution in [3.8, 4) is 0 Å². The first-order valence-electron chi connectivity index (χ1n) is 26.8. The summed E-state index contributed by atoms with van der Waals surface area (Å²) in [6.45, 7) is 6.53. The molecule has 0 spiro atoms. The number of esters is 3. The summed E-state index contributed by atoms with van der Waals surface area (Å²) in [5.41, 5.74) is 0. The summed E-state index contributed by atoms with van der Waals surface area (Å²) >= 11 is 0. The van der Waals surface area contributed by atoms with Crippen LogP contribution in [0.2, 0.25) is 0 Å². The lowest BCUT2D eigenvalue weighted by atomic mass is 10.1. The topological polar surface area (TPSA) is 78.9 Å². The van der Waals surface area contributed by atoms with Gasteiger partial charge in [-0.3, -0.25) is 14.4 Å². The van der Waals surface area contributed by atoms with E-state index in [2.05, 4.69) is 81.5 Å². The van der Waals surface area contributed by atoms with Crippen LogP contribution in [-0.4, -0.2) is 37.2 Å². The van der Waals surface area contributed by atoms with Crippen LogP contribution in [0.5, 0.6) is 0 Å². The Balaban J connectivity index is 4.36. The van der Waals surface area contributed by atoms with Crippen molar-refractivity contribution >= 4 is 17.9 Å². The van der Waals surface area contributed by atoms with Crippen LogP contribution in [0.25, 0.3) is 0 Å². The summed E-state index contributed by atoms with van der Waals surface area (Å²) in [5.74, 6) is -0.913. The van der Waals surface area contributed by atoms with Crippen LogP contribution in [0.4, 0.5) is 0 Å². The Hall–Kier alpha value is -2.89. The van der Waals surface area contributed by atoms with E-state index in [-0.39, 0.29) is 31.1 Å². The van der Waals surface area contributed by atoms with E-state index in [9.17, 15) is 14.4 Å². The Labute approximate surface area is 390 Å². The highest BCUT2D eigenvalue weighted by Gasteiger charge is 2.19. The number of carbonyl (C=O) groups is 3. The monoisotopic (exact) mass is 881 g/mol. The first kappa shape index (κ1) is 60.1. The van der Waals surface area contributed by atoms with E-state index >= 15 is 0 Å². The predicted octanol–water partition coefficient (Wildman–Crippen LogP) is 17.6. The summed E-state index contributed by atoms with van der Waals surface area (Å²) in [7, 11) is 0. The summed E-state index contributed by atoms with van der Waals surface area (Å²) in [5, 5.41) is 0. The molecule has 0 aliphatic heterocycles. The Bertz CT molecular complexity index is 1150. The third-order valence-corrected chi connectivity index (χ3v) is 11.4. The molecule has 0 aliphatic carbocycles. The molecular weight excluding hydrogens is 781 g/mol. The van der Waals surface area contributed by atoms with Gasteiger partial charge in [-0.1, -0.05) is 204 Å². The molecule has 63 heavy (non-hydrogen) atoms. The standard InChI is InChI=1S/C57H100O6/c1-4-7-10-13-16-19-22-24-26-28-29-30-32-33-35-38-41-44-47-50-56(59)62-53-54(52-61-55(58)49-46-43-40-37-21-18-15-12-9-6-3)63-57(60)51-48-45-42-39-36-34-31-27-25-23-20-17-14-11-8-5-2/h12,15-16,19,24,26-27,29-31,54H,4-11,13-14,17-18,20-23,25,28,32-53H2,1-3H3/b15-12-,19-16-,26-24-,30-29-,31-27-. The molecule has 0 aliphatic rings. The Morgan fingerprint density at radius 1 is 0.317 bits per heavy atom. The highest BCUT2D eigenvalue weighted by Crippen LogP contribution is 2.14. The summed E-state index contributed by atoms with van der Waals surface area (Å²) in [6, 6.07) is 0. The lowest BCUT2D eigenvalue weighted by Gasteiger charge is -2.18. The predicted molar refractivity (Wildman–Crippen MR) is 270 cm³/mol. The molecule has 0 aromatic rings. The first-order valence-corrected chi connectivity index (χ1v) is 26.8. The average Bonchev–Trinajstić information content (AvgIpc) is 3.28. The quantitative estimate of drug-likeness (QED) is 0.0262. The maximum absolute atomic E-state index is 12.8. The lowest BCUT2D eigenvalue weighted by Crippen LogP contribution is -2.30. The van der Waals surface area contributed by atoms with Crippen LogP contribution in [0.3, 0.4) is 0 Å². The Morgan fingerprint density at radius 2 is 0.603 bits per heavy atom. The average molecular weight is 881 g/mol. The zero-order chi connectivity index (χ0) is 45.8. The van der Waals surface area contributed by atoms with Crippen molar-refractivity contribution in [1.82, 2.24) is 0 Å². The van der Waals surface area contributed by atoms with Crippen LogP contribution in [0, 0.1) is 0 Å². The van der Waals surface area contributed by atoms with Gasteiger partial charge in [-0.25, -0.2) is 0 Å². The van der Waals surface area contributed by atoms with Crippen molar-refractivity contribution in [3.05, 3.63) is 60.8 Å². The number of rotatable bonds is 48. The van der Waals surface area contributed by atoms with Gasteiger partial charge in [0.25, 0.3) is 0 Å². The SMILES string of the molecule is CCC/C=C\CCCCCCCC(=O)OCC(COC(=O)CCCCCCCC/C=C\C/C=C\C/C=C\CCCCC)OC(=O)CCCCCCC/C=C\CCCCCCCCC. The Morgan fingerprint density at radius 3 is 1.00 bits per heavy atom. The van der Waals surface area contributed by atoms with Crippen molar-refractivity contribution in [2.45, 2.75) is 271 Å². The van der Waals surface area contributed by atoms with E-state index in [4.69, 9.17) is 14.2 Å². The van der Waals surface area contributed by atoms with E-state index in [1.54, 1.807) is 0 Å². The molecule has 0 heterocycles. The molecule has 0 amide bonds. The molecule has 364 valence electrons. The van der Waals surface area contributed by atoms with Gasteiger partial charge in [-0.15, -0.1) is 0 Å². The second kappa shape index (κ2) is 51.7. The first-order chi connectivity index (χ1) is 31.0. The minimum Gasteiger partial charge on any atom is -0.462 e. The van der Waals surface area contributed by atoms with Crippen molar-refractivity contribution in [2.75, 3.05) is 13.2 Å². The van der Waals surface area contributed by atoms with Gasteiger partial charge in [0.15, 0.2) is 6.10 Å². The number of hydrogen-bond donors (Lipinski definition) is 0. The van der Waals surface area contributed by atoms with Crippen molar-refractivity contribution < 1.29 is 28.6 Å². The largest absolute Gasteiger partial charge is 0.462 e. The number of allylic oxidation sites excluding steroid dienone is 10. The summed E-state index contributed by atoms with van der Waals surface area (Å²) in [4.78, 5) is 38.0. The fourth-order valence-electron chi connectivity index (χ4n) is 7.39. The highest BCUT2D eigenvalue weighted by atomic mass is 16.6. The van der Waals surface area contributed by atoms with Gasteiger partial charge in [0, 0.05) is 19.3 Å². The molecule has 6 heteroatoms. The van der Waals surface area contributed by atoms with E-state index in [1.807, 2.05) is 0 Å². The smallest absolute Gasteiger partial charge is 0.306 e. The van der Waals surface area contributed by atoms with E-state index in [1.165, 1.54) is 122 Å². The van der Waals surface area contributed by atoms with Crippen molar-refractivity contribution in [3.63, 3.8) is 0 Å². The van der Waals surface area contributed by atoms with Gasteiger partial charge < -0.3 is 14.2 Å². The maximum atomic E-state index is 12.8. The van der Waals surface area contributed by atoms with Crippen LogP contribution in [0.1, 0.15) is 265 Å². The molecule has 0 saturated carbocycles. The van der Waals surface area contributed by atoms with Gasteiger partial charge in [-0.2, -0.15) is 0 Å². The molecule has 0 N–H and O–H groups in total. The van der Waals surface area contributed by atoms with Crippen molar-refractivity contribution in [1.29, 1.82) is 0 Å². The van der Waals surface area contributed by atoms with Gasteiger partial charge in [0.2, 0.25) is 0 Å². The third-order valence-electron chi connectivity index (χ3n) is 11.4. The highest BCUT2D eigenvalue weighted by molar-refractivity contribution is 5.71. The second-order valence-corrected chi connectivity index (χ2v) is 17.8. The minimum absolute atomic E-state index is 0.0861. The minimum atomic E-state index is -0.786. The van der Waals surface area contributed by atoms with Gasteiger partial charge in [0.05, 0.1) is 0 Å². The molecule has 6 nitrogen and oxygen atoms in total. The molecule has 0 aromatic carbocycles. The van der Waals surface area contributed by atoms with Crippen LogP contribution in [0.15, 0.2) is 60.8 Å². The van der Waals surface area contributed by atoms with Crippen molar-refractivity contribution in [2.24, 2.45) is 0 Å². The Kier molecular flexibility index (Phi) is 49.4. The second-order valence-electron chi connectivity index (χ2n) is 17.8. The number of unbranched alkanes of at least 4 members (excludes halogenated alkanes) is 27. The van der Waals surface area contributed by atoms with Crippen LogP contribution in [-0.2, 0) is 28.6 Å². The van der Waals surface area contributed by atoms with Crippen LogP contribution < -0.4 is 0 Å². The van der Waals surface area contributed by atoms with E-state index in [0.29, 0.717) is 19.3 Å². The zero-order valence-electron chi connectivity index (χ0n) is 41.6. The maximum Gasteiger partial charge on any atom is 0.306 e. The van der Waals surface area contributed by atoms with Gasteiger partial charge >= 0.3 is 17.9 Å². The molecular formula is C57H100O6. The molecule has 0 saturated heterocycles. The van der Waals surface area contributed by atoms with Crippen LogP contribution >= 0.6 is 0 Å². The molecule has 1 unspecified atom stereocenters. The molecule has 0 rings (SSSR count). The van der Waals surface area contributed by atoms with Gasteiger partial charge in [-0.05, 0) is 103 Å². The normalized spacial score (nSPS) is 12.5. The fourth-order valence-corrected chi connectivity index (χ4v) is 7.39. The van der Waals surface area contributed by atoms with E-state index < -0.39 is 6.10 Å². The lowest BCUT2D eigenvalue weighted by molar-refractivity contribution is -0.167.